The number of thiophene rings is 1. The first-order valence-corrected chi connectivity index (χ1v) is 6.49. The Bertz CT molecular complexity index is 494. The minimum Gasteiger partial charge on any atom is -0.296 e. The van der Waals surface area contributed by atoms with E-state index >= 15 is 0 Å². The predicted octanol–water partition coefficient (Wildman–Crippen LogP) is 2.92. The van der Waals surface area contributed by atoms with Gasteiger partial charge in [0.25, 0.3) is 5.91 Å². The van der Waals surface area contributed by atoms with Crippen molar-refractivity contribution in [3.63, 3.8) is 0 Å². The highest BCUT2D eigenvalue weighted by Crippen LogP contribution is 2.22. The van der Waals surface area contributed by atoms with Gasteiger partial charge >= 0.3 is 0 Å². The number of carbonyl (C=O) groups excluding carboxylic acids is 1. The fraction of sp³-hybridized carbons (Fsp3) is 0.125. The molecule has 0 aliphatic carbocycles. The molecule has 2 rings (SSSR count). The van der Waals surface area contributed by atoms with E-state index in [4.69, 9.17) is 0 Å². The second kappa shape index (κ2) is 4.38. The van der Waals surface area contributed by atoms with E-state index in [1.807, 2.05) is 6.92 Å². The van der Waals surface area contributed by atoms with Crippen molar-refractivity contribution in [3.8, 4) is 0 Å². The first kappa shape index (κ1) is 10.7. The Labute approximate surface area is 102 Å². The van der Waals surface area contributed by atoms with E-state index in [-0.39, 0.29) is 5.91 Å². The second-order valence-corrected chi connectivity index (χ2v) is 6.19. The summed E-state index contributed by atoms with van der Waals surface area (Å²) in [5.74, 6) is -0.159. The van der Waals surface area contributed by atoms with Gasteiger partial charge in [-0.15, -0.1) is 21.5 Å². The summed E-state index contributed by atoms with van der Waals surface area (Å²) in [4.78, 5) is 11.7. The fourth-order valence-corrected chi connectivity index (χ4v) is 2.67. The molecule has 7 heteroatoms. The maximum Gasteiger partial charge on any atom is 0.258 e. The van der Waals surface area contributed by atoms with Crippen molar-refractivity contribution < 1.29 is 4.79 Å². The molecule has 0 atom stereocenters. The monoisotopic (exact) mass is 303 g/mol. The van der Waals surface area contributed by atoms with Crippen LogP contribution in [0.3, 0.4) is 0 Å². The van der Waals surface area contributed by atoms with Gasteiger partial charge in [0.15, 0.2) is 0 Å². The number of aryl methyl sites for hydroxylation is 1. The number of hydrogen-bond acceptors (Lipinski definition) is 5. The van der Waals surface area contributed by atoms with E-state index in [0.717, 1.165) is 8.79 Å². The van der Waals surface area contributed by atoms with E-state index < -0.39 is 0 Å². The Balaban J connectivity index is 2.10. The lowest BCUT2D eigenvalue weighted by atomic mass is 10.3. The number of aromatic nitrogens is 2. The normalized spacial score (nSPS) is 10.3. The Hall–Kier alpha value is -0.790. The molecule has 0 saturated carbocycles. The fourth-order valence-electron chi connectivity index (χ4n) is 0.946. The van der Waals surface area contributed by atoms with E-state index in [1.54, 1.807) is 11.4 Å². The molecule has 2 aromatic heterocycles. The molecule has 0 radical (unpaired) electrons. The zero-order valence-electron chi connectivity index (χ0n) is 7.65. The quantitative estimate of drug-likeness (QED) is 0.928. The molecule has 4 nitrogen and oxygen atoms in total. The summed E-state index contributed by atoms with van der Waals surface area (Å²) in [5.41, 5.74) is 0.625. The van der Waals surface area contributed by atoms with Crippen LogP contribution in [0.2, 0.25) is 0 Å². The second-order valence-electron chi connectivity index (χ2n) is 2.72. The molecule has 2 aromatic rings. The molecule has 15 heavy (non-hydrogen) atoms. The molecular weight excluding hydrogens is 298 g/mol. The van der Waals surface area contributed by atoms with Crippen LogP contribution in [-0.2, 0) is 0 Å². The number of amides is 1. The van der Waals surface area contributed by atoms with E-state index in [0.29, 0.717) is 10.7 Å². The van der Waals surface area contributed by atoms with Gasteiger partial charge in [-0.2, -0.15) is 0 Å². The molecule has 0 fully saturated rings. The number of hydrogen-bond donors (Lipinski definition) is 1. The zero-order chi connectivity index (χ0) is 10.8. The standard InChI is InChI=1S/C8H6BrN3OS2/c1-4-11-12-8(15-4)10-7(13)5-2-6(9)14-3-5/h2-3H,1H3,(H,10,12,13). The summed E-state index contributed by atoms with van der Waals surface area (Å²) in [7, 11) is 0. The molecule has 1 amide bonds. The lowest BCUT2D eigenvalue weighted by molar-refractivity contribution is 0.102. The molecule has 0 aliphatic heterocycles. The first-order valence-electron chi connectivity index (χ1n) is 4.00. The maximum absolute atomic E-state index is 11.7. The Morgan fingerprint density at radius 2 is 2.33 bits per heavy atom. The van der Waals surface area contributed by atoms with Gasteiger partial charge in [0.1, 0.15) is 5.01 Å². The topological polar surface area (TPSA) is 54.9 Å². The molecule has 0 unspecified atom stereocenters. The number of nitrogens with one attached hydrogen (secondary N) is 1. The largest absolute Gasteiger partial charge is 0.296 e. The van der Waals surface area contributed by atoms with Crippen molar-refractivity contribution in [2.45, 2.75) is 6.92 Å². The van der Waals surface area contributed by atoms with Crippen LogP contribution >= 0.6 is 38.6 Å². The molecule has 0 spiro atoms. The summed E-state index contributed by atoms with van der Waals surface area (Å²) in [6.45, 7) is 1.84. The lowest BCUT2D eigenvalue weighted by Crippen LogP contribution is -2.10. The SMILES string of the molecule is Cc1nnc(NC(=O)c2csc(Br)c2)s1. The van der Waals surface area contributed by atoms with Gasteiger partial charge in [0.2, 0.25) is 5.13 Å². The number of anilines is 1. The third kappa shape index (κ3) is 2.61. The molecule has 78 valence electrons. The summed E-state index contributed by atoms with van der Waals surface area (Å²) in [5, 5.41) is 13.5. The van der Waals surface area contributed by atoms with Gasteiger partial charge in [-0.25, -0.2) is 0 Å². The minimum absolute atomic E-state index is 0.159. The van der Waals surface area contributed by atoms with Crippen molar-refractivity contribution in [1.82, 2.24) is 10.2 Å². The number of carbonyl (C=O) groups is 1. The van der Waals surface area contributed by atoms with Crippen LogP contribution in [0.5, 0.6) is 0 Å². The molecule has 0 aromatic carbocycles. The van der Waals surface area contributed by atoms with E-state index in [2.05, 4.69) is 31.4 Å². The highest BCUT2D eigenvalue weighted by molar-refractivity contribution is 9.11. The van der Waals surface area contributed by atoms with Crippen molar-refractivity contribution in [2.75, 3.05) is 5.32 Å². The van der Waals surface area contributed by atoms with Crippen molar-refractivity contribution in [1.29, 1.82) is 0 Å². The van der Waals surface area contributed by atoms with Crippen LogP contribution in [0.4, 0.5) is 5.13 Å². The van der Waals surface area contributed by atoms with Crippen molar-refractivity contribution in [2.24, 2.45) is 0 Å². The number of nitrogens with zero attached hydrogens (tertiary/aromatic N) is 2. The van der Waals surface area contributed by atoms with E-state index in [1.165, 1.54) is 22.7 Å². The molecule has 2 heterocycles. The molecular formula is C8H6BrN3OS2. The zero-order valence-corrected chi connectivity index (χ0v) is 10.9. The highest BCUT2D eigenvalue weighted by atomic mass is 79.9. The van der Waals surface area contributed by atoms with Gasteiger partial charge < -0.3 is 0 Å². The van der Waals surface area contributed by atoms with Crippen molar-refractivity contribution >= 4 is 49.6 Å². The summed E-state index contributed by atoms with van der Waals surface area (Å²) < 4.78 is 0.932. The van der Waals surface area contributed by atoms with Crippen LogP contribution in [-0.4, -0.2) is 16.1 Å². The van der Waals surface area contributed by atoms with Crippen LogP contribution in [0.1, 0.15) is 15.4 Å². The maximum atomic E-state index is 11.7. The third-order valence-electron chi connectivity index (χ3n) is 1.58. The van der Waals surface area contributed by atoms with Gasteiger partial charge in [-0.05, 0) is 28.9 Å². The van der Waals surface area contributed by atoms with Gasteiger partial charge in [-0.1, -0.05) is 11.3 Å². The smallest absolute Gasteiger partial charge is 0.258 e. The Kier molecular flexibility index (Phi) is 3.13. The lowest BCUT2D eigenvalue weighted by Gasteiger charge is -1.96. The van der Waals surface area contributed by atoms with Gasteiger partial charge in [0.05, 0.1) is 9.35 Å². The highest BCUT2D eigenvalue weighted by Gasteiger charge is 2.10. The van der Waals surface area contributed by atoms with Crippen LogP contribution in [0.25, 0.3) is 0 Å². The van der Waals surface area contributed by atoms with Crippen LogP contribution in [0, 0.1) is 6.92 Å². The van der Waals surface area contributed by atoms with Crippen LogP contribution < -0.4 is 5.32 Å². The van der Waals surface area contributed by atoms with Crippen LogP contribution in [0.15, 0.2) is 15.2 Å². The Morgan fingerprint density at radius 1 is 1.53 bits per heavy atom. The average molecular weight is 304 g/mol. The average Bonchev–Trinajstić information content (AvgIpc) is 2.75. The molecule has 1 N–H and O–H groups in total. The minimum atomic E-state index is -0.159. The molecule has 0 aliphatic rings. The molecule has 0 saturated heterocycles. The van der Waals surface area contributed by atoms with Gasteiger partial charge in [-0.3, -0.25) is 10.1 Å². The summed E-state index contributed by atoms with van der Waals surface area (Å²) >= 11 is 6.13. The van der Waals surface area contributed by atoms with Crippen molar-refractivity contribution in [3.05, 3.63) is 25.8 Å². The third-order valence-corrected chi connectivity index (χ3v) is 3.83. The number of rotatable bonds is 2. The Morgan fingerprint density at radius 3 is 2.87 bits per heavy atom. The first-order chi connectivity index (χ1) is 7.15. The van der Waals surface area contributed by atoms with Gasteiger partial charge in [0, 0.05) is 5.38 Å². The summed E-state index contributed by atoms with van der Waals surface area (Å²) in [6.07, 6.45) is 0. The molecule has 0 bridgehead atoms. The van der Waals surface area contributed by atoms with E-state index in [9.17, 15) is 4.79 Å². The summed E-state index contributed by atoms with van der Waals surface area (Å²) in [6, 6.07) is 1.77. The number of halogens is 1. The predicted molar refractivity (Wildman–Crippen MR) is 64.6 cm³/mol.